The van der Waals surface area contributed by atoms with E-state index in [1.165, 1.54) is 17.4 Å². The average molecular weight is 231 g/mol. The van der Waals surface area contributed by atoms with E-state index in [-0.39, 0.29) is 5.02 Å². The Kier molecular flexibility index (Phi) is 2.67. The number of nitrogens with zero attached hydrogens (tertiary/aromatic N) is 1. The maximum absolute atomic E-state index is 13.1. The van der Waals surface area contributed by atoms with Crippen LogP contribution in [0.25, 0.3) is 10.2 Å². The lowest BCUT2D eigenvalue weighted by molar-refractivity contribution is 0.630. The molecule has 2 N–H and O–H groups in total. The van der Waals surface area contributed by atoms with Crippen LogP contribution in [0.1, 0.15) is 5.01 Å². The molecule has 0 atom stereocenters. The highest BCUT2D eigenvalue weighted by atomic mass is 35.5. The van der Waals surface area contributed by atoms with Gasteiger partial charge in [-0.1, -0.05) is 11.6 Å². The summed E-state index contributed by atoms with van der Waals surface area (Å²) in [5.74, 6) is -0.401. The van der Waals surface area contributed by atoms with Gasteiger partial charge in [-0.05, 0) is 18.7 Å². The molecule has 14 heavy (non-hydrogen) atoms. The number of aromatic nitrogens is 1. The van der Waals surface area contributed by atoms with E-state index < -0.39 is 5.82 Å². The molecule has 0 bridgehead atoms. The number of hydrogen-bond acceptors (Lipinski definition) is 3. The van der Waals surface area contributed by atoms with Gasteiger partial charge in [0.1, 0.15) is 5.82 Å². The van der Waals surface area contributed by atoms with Crippen molar-refractivity contribution in [1.29, 1.82) is 0 Å². The van der Waals surface area contributed by atoms with Crippen molar-refractivity contribution in [3.63, 3.8) is 0 Å². The SMILES string of the molecule is NCCc1nc2cc(Cl)c(F)cc2s1. The molecule has 1 aromatic carbocycles. The summed E-state index contributed by atoms with van der Waals surface area (Å²) in [5.41, 5.74) is 6.15. The molecule has 0 saturated heterocycles. The van der Waals surface area contributed by atoms with Crippen LogP contribution in [0.4, 0.5) is 4.39 Å². The summed E-state index contributed by atoms with van der Waals surface area (Å²) >= 11 is 7.09. The second kappa shape index (κ2) is 3.81. The fourth-order valence-corrected chi connectivity index (χ4v) is 2.35. The molecule has 0 aliphatic rings. The van der Waals surface area contributed by atoms with Crippen molar-refractivity contribution >= 4 is 33.2 Å². The normalized spacial score (nSPS) is 11.1. The molecule has 0 spiro atoms. The minimum Gasteiger partial charge on any atom is -0.330 e. The molecule has 0 saturated carbocycles. The zero-order valence-electron chi connectivity index (χ0n) is 7.26. The van der Waals surface area contributed by atoms with Gasteiger partial charge in [0.05, 0.1) is 20.2 Å². The molecule has 0 fully saturated rings. The highest BCUT2D eigenvalue weighted by Crippen LogP contribution is 2.27. The highest BCUT2D eigenvalue weighted by Gasteiger charge is 2.07. The second-order valence-corrected chi connectivity index (χ2v) is 4.40. The van der Waals surface area contributed by atoms with Crippen LogP contribution < -0.4 is 5.73 Å². The first-order valence-corrected chi connectivity index (χ1v) is 5.34. The Morgan fingerprint density at radius 1 is 1.50 bits per heavy atom. The lowest BCUT2D eigenvalue weighted by Gasteiger charge is -1.91. The maximum atomic E-state index is 13.1. The summed E-state index contributed by atoms with van der Waals surface area (Å²) in [6, 6.07) is 2.96. The van der Waals surface area contributed by atoms with Crippen LogP contribution >= 0.6 is 22.9 Å². The third-order valence-corrected chi connectivity index (χ3v) is 3.20. The molecule has 74 valence electrons. The van der Waals surface area contributed by atoms with Crippen LogP contribution in [0.3, 0.4) is 0 Å². The van der Waals surface area contributed by atoms with Gasteiger partial charge in [-0.25, -0.2) is 9.37 Å². The van der Waals surface area contributed by atoms with Crippen LogP contribution in [-0.2, 0) is 6.42 Å². The Hall–Kier alpha value is -0.710. The smallest absolute Gasteiger partial charge is 0.143 e. The quantitative estimate of drug-likeness (QED) is 0.861. The summed E-state index contributed by atoms with van der Waals surface area (Å²) < 4.78 is 13.9. The van der Waals surface area contributed by atoms with Crippen LogP contribution in [0.5, 0.6) is 0 Å². The summed E-state index contributed by atoms with van der Waals surface area (Å²) in [6.07, 6.45) is 0.721. The molecule has 5 heteroatoms. The predicted molar refractivity (Wildman–Crippen MR) is 57.3 cm³/mol. The molecular formula is C9H8ClFN2S. The van der Waals surface area contributed by atoms with Gasteiger partial charge in [-0.15, -0.1) is 11.3 Å². The number of hydrogen-bond donors (Lipinski definition) is 1. The van der Waals surface area contributed by atoms with Crippen LogP contribution in [0.15, 0.2) is 12.1 Å². The van der Waals surface area contributed by atoms with Crippen molar-refractivity contribution in [1.82, 2.24) is 4.98 Å². The summed E-state index contributed by atoms with van der Waals surface area (Å²) in [7, 11) is 0. The zero-order chi connectivity index (χ0) is 10.1. The van der Waals surface area contributed by atoms with E-state index in [2.05, 4.69) is 4.98 Å². The number of thiazole rings is 1. The number of benzene rings is 1. The summed E-state index contributed by atoms with van der Waals surface area (Å²) in [4.78, 5) is 4.29. The minimum atomic E-state index is -0.401. The Labute approximate surface area is 89.5 Å². The first-order chi connectivity index (χ1) is 6.70. The molecular weight excluding hydrogens is 223 g/mol. The molecule has 2 nitrogen and oxygen atoms in total. The summed E-state index contributed by atoms with van der Waals surface area (Å²) in [6.45, 7) is 0.552. The average Bonchev–Trinajstić information content (AvgIpc) is 2.48. The van der Waals surface area contributed by atoms with Gasteiger partial charge in [0.25, 0.3) is 0 Å². The Bertz CT molecular complexity index is 430. The molecule has 1 heterocycles. The van der Waals surface area contributed by atoms with E-state index in [1.807, 2.05) is 0 Å². The number of rotatable bonds is 2. The van der Waals surface area contributed by atoms with Gasteiger partial charge in [0.15, 0.2) is 0 Å². The molecule has 0 radical (unpaired) electrons. The third-order valence-electron chi connectivity index (χ3n) is 1.83. The summed E-state index contributed by atoms with van der Waals surface area (Å²) in [5, 5.41) is 1.03. The monoisotopic (exact) mass is 230 g/mol. The number of nitrogens with two attached hydrogens (primary N) is 1. The van der Waals surface area contributed by atoms with Gasteiger partial charge in [0, 0.05) is 6.42 Å². The molecule has 2 rings (SSSR count). The van der Waals surface area contributed by atoms with Crippen molar-refractivity contribution in [2.45, 2.75) is 6.42 Å². The molecule has 0 aliphatic heterocycles. The van der Waals surface area contributed by atoms with E-state index in [4.69, 9.17) is 17.3 Å². The van der Waals surface area contributed by atoms with Crippen molar-refractivity contribution in [2.75, 3.05) is 6.54 Å². The van der Waals surface area contributed by atoms with E-state index >= 15 is 0 Å². The molecule has 1 aromatic heterocycles. The van der Waals surface area contributed by atoms with Gasteiger partial charge in [-0.2, -0.15) is 0 Å². The Morgan fingerprint density at radius 2 is 2.29 bits per heavy atom. The van der Waals surface area contributed by atoms with Crippen molar-refractivity contribution in [2.24, 2.45) is 5.73 Å². The molecule has 0 unspecified atom stereocenters. The van der Waals surface area contributed by atoms with Crippen LogP contribution in [0.2, 0.25) is 5.02 Å². The Morgan fingerprint density at radius 3 is 3.00 bits per heavy atom. The first-order valence-electron chi connectivity index (χ1n) is 4.15. The fourth-order valence-electron chi connectivity index (χ4n) is 1.20. The fraction of sp³-hybridized carbons (Fsp3) is 0.222. The predicted octanol–water partition coefficient (Wildman–Crippen LogP) is 2.59. The van der Waals surface area contributed by atoms with Crippen LogP contribution in [-0.4, -0.2) is 11.5 Å². The standard InChI is InChI=1S/C9H8ClFN2S/c10-5-3-7-8(4-6(5)11)14-9(13-7)1-2-12/h3-4H,1-2,12H2. The third kappa shape index (κ3) is 1.73. The van der Waals surface area contributed by atoms with E-state index in [0.717, 1.165) is 21.6 Å². The molecule has 0 amide bonds. The Balaban J connectivity index is 2.54. The van der Waals surface area contributed by atoms with Gasteiger partial charge >= 0.3 is 0 Å². The van der Waals surface area contributed by atoms with Crippen molar-refractivity contribution < 1.29 is 4.39 Å². The second-order valence-electron chi connectivity index (χ2n) is 2.88. The topological polar surface area (TPSA) is 38.9 Å². The van der Waals surface area contributed by atoms with E-state index in [9.17, 15) is 4.39 Å². The van der Waals surface area contributed by atoms with E-state index in [0.29, 0.717) is 6.54 Å². The minimum absolute atomic E-state index is 0.113. The lowest BCUT2D eigenvalue weighted by atomic mass is 10.3. The maximum Gasteiger partial charge on any atom is 0.143 e. The number of halogens is 2. The van der Waals surface area contributed by atoms with Crippen molar-refractivity contribution in [3.8, 4) is 0 Å². The van der Waals surface area contributed by atoms with Gasteiger partial charge in [0.2, 0.25) is 0 Å². The molecule has 2 aromatic rings. The van der Waals surface area contributed by atoms with E-state index in [1.54, 1.807) is 6.07 Å². The highest BCUT2D eigenvalue weighted by molar-refractivity contribution is 7.18. The van der Waals surface area contributed by atoms with Gasteiger partial charge in [-0.3, -0.25) is 0 Å². The number of fused-ring (bicyclic) bond motifs is 1. The largest absolute Gasteiger partial charge is 0.330 e. The lowest BCUT2D eigenvalue weighted by Crippen LogP contribution is -2.01. The van der Waals surface area contributed by atoms with Gasteiger partial charge < -0.3 is 5.73 Å². The molecule has 0 aliphatic carbocycles. The van der Waals surface area contributed by atoms with Crippen LogP contribution in [0, 0.1) is 5.82 Å². The first kappa shape index (κ1) is 9.83. The van der Waals surface area contributed by atoms with Crippen molar-refractivity contribution in [3.05, 3.63) is 28.0 Å². The zero-order valence-corrected chi connectivity index (χ0v) is 8.83.